The molecule has 5 nitrogen and oxygen atoms in total. The lowest BCUT2D eigenvalue weighted by Crippen LogP contribution is -2.54. The van der Waals surface area contributed by atoms with Crippen molar-refractivity contribution >= 4 is 17.5 Å². The van der Waals surface area contributed by atoms with E-state index in [1.54, 1.807) is 6.92 Å². The van der Waals surface area contributed by atoms with E-state index in [2.05, 4.69) is 6.58 Å². The molecule has 20 heavy (non-hydrogen) atoms. The molecule has 0 heterocycles. The molecule has 2 bridgehead atoms. The van der Waals surface area contributed by atoms with Gasteiger partial charge in [0.1, 0.15) is 5.76 Å². The van der Waals surface area contributed by atoms with Crippen molar-refractivity contribution in [2.45, 2.75) is 32.6 Å². The van der Waals surface area contributed by atoms with E-state index in [1.165, 1.54) is 6.08 Å². The standard InChI is InChI=1S/C15H18O5/c1-3-6-9-11(16)10-7-5-8-15(12(9)17,13(10)18)14(19)20-4-2/h3,10,17H,1,4-8H2,2H3. The van der Waals surface area contributed by atoms with E-state index in [1.807, 2.05) is 0 Å². The smallest absolute Gasteiger partial charge is 0.327 e. The summed E-state index contributed by atoms with van der Waals surface area (Å²) in [6, 6.07) is 0. The Kier molecular flexibility index (Phi) is 3.79. The Bertz CT molecular complexity index is 516. The average molecular weight is 278 g/mol. The summed E-state index contributed by atoms with van der Waals surface area (Å²) in [6.45, 7) is 5.30. The number of ketones is 2. The summed E-state index contributed by atoms with van der Waals surface area (Å²) in [6.07, 6.45) is 2.78. The lowest BCUT2D eigenvalue weighted by molar-refractivity contribution is -0.165. The summed E-state index contributed by atoms with van der Waals surface area (Å²) in [5, 5.41) is 10.4. The topological polar surface area (TPSA) is 80.7 Å². The van der Waals surface area contributed by atoms with Crippen LogP contribution in [0.2, 0.25) is 0 Å². The molecule has 0 radical (unpaired) electrons. The molecule has 2 aliphatic carbocycles. The van der Waals surface area contributed by atoms with Gasteiger partial charge in [-0.15, -0.1) is 6.58 Å². The zero-order valence-electron chi connectivity index (χ0n) is 11.5. The van der Waals surface area contributed by atoms with Crippen LogP contribution in [0.4, 0.5) is 0 Å². The number of rotatable bonds is 4. The van der Waals surface area contributed by atoms with Gasteiger partial charge >= 0.3 is 5.97 Å². The van der Waals surface area contributed by atoms with Crippen LogP contribution in [0.15, 0.2) is 24.0 Å². The van der Waals surface area contributed by atoms with Crippen LogP contribution < -0.4 is 0 Å². The highest BCUT2D eigenvalue weighted by Crippen LogP contribution is 2.48. The first-order valence-corrected chi connectivity index (χ1v) is 6.80. The van der Waals surface area contributed by atoms with Gasteiger partial charge in [-0.3, -0.25) is 14.4 Å². The molecule has 0 amide bonds. The predicted octanol–water partition coefficient (Wildman–Crippen LogP) is 1.88. The van der Waals surface area contributed by atoms with Crippen LogP contribution in [0.5, 0.6) is 0 Å². The van der Waals surface area contributed by atoms with E-state index in [9.17, 15) is 19.5 Å². The number of ether oxygens (including phenoxy) is 1. The molecule has 2 atom stereocenters. The summed E-state index contributed by atoms with van der Waals surface area (Å²) in [5.74, 6) is -2.91. The molecule has 2 rings (SSSR count). The lowest BCUT2D eigenvalue weighted by Gasteiger charge is -2.40. The van der Waals surface area contributed by atoms with Crippen molar-refractivity contribution in [3.05, 3.63) is 24.0 Å². The Morgan fingerprint density at radius 3 is 2.85 bits per heavy atom. The first-order chi connectivity index (χ1) is 9.50. The van der Waals surface area contributed by atoms with Gasteiger partial charge in [0.15, 0.2) is 17.0 Å². The summed E-state index contributed by atoms with van der Waals surface area (Å²) in [7, 11) is 0. The van der Waals surface area contributed by atoms with Crippen molar-refractivity contribution in [2.75, 3.05) is 6.61 Å². The molecular weight excluding hydrogens is 260 g/mol. The van der Waals surface area contributed by atoms with Gasteiger partial charge in [-0.1, -0.05) is 12.5 Å². The van der Waals surface area contributed by atoms with Crippen LogP contribution in [-0.4, -0.2) is 29.2 Å². The Morgan fingerprint density at radius 1 is 1.55 bits per heavy atom. The maximum absolute atomic E-state index is 12.5. The third kappa shape index (κ3) is 1.80. The number of carbonyl (C=O) groups excluding carboxylic acids is 3. The van der Waals surface area contributed by atoms with Crippen LogP contribution in [0.25, 0.3) is 0 Å². The molecule has 0 aromatic carbocycles. The van der Waals surface area contributed by atoms with Gasteiger partial charge in [0.25, 0.3) is 0 Å². The Labute approximate surface area is 117 Å². The summed E-state index contributed by atoms with van der Waals surface area (Å²) in [4.78, 5) is 36.9. The molecule has 5 heteroatoms. The number of allylic oxidation sites excluding steroid dienone is 2. The monoisotopic (exact) mass is 278 g/mol. The molecule has 1 fully saturated rings. The maximum Gasteiger partial charge on any atom is 0.327 e. The third-order valence-electron chi connectivity index (χ3n) is 4.06. The van der Waals surface area contributed by atoms with Crippen molar-refractivity contribution < 1.29 is 24.2 Å². The summed E-state index contributed by atoms with van der Waals surface area (Å²) in [5.41, 5.74) is -1.55. The van der Waals surface area contributed by atoms with E-state index in [4.69, 9.17) is 4.74 Å². The normalized spacial score (nSPS) is 29.4. The first-order valence-electron chi connectivity index (χ1n) is 6.80. The number of fused-ring (bicyclic) bond motifs is 2. The third-order valence-corrected chi connectivity index (χ3v) is 4.06. The lowest BCUT2D eigenvalue weighted by atomic mass is 9.60. The number of aliphatic hydroxyl groups is 1. The second-order valence-corrected chi connectivity index (χ2v) is 5.12. The van der Waals surface area contributed by atoms with Crippen LogP contribution in [-0.2, 0) is 19.1 Å². The molecule has 108 valence electrons. The summed E-state index contributed by atoms with van der Waals surface area (Å²) >= 11 is 0. The second-order valence-electron chi connectivity index (χ2n) is 5.12. The maximum atomic E-state index is 12.5. The highest BCUT2D eigenvalue weighted by molar-refractivity contribution is 6.22. The molecule has 2 aliphatic rings. The first kappa shape index (κ1) is 14.5. The zero-order valence-corrected chi connectivity index (χ0v) is 11.5. The quantitative estimate of drug-likeness (QED) is 0.482. The number of hydrogen-bond acceptors (Lipinski definition) is 5. The fraction of sp³-hybridized carbons (Fsp3) is 0.533. The summed E-state index contributed by atoms with van der Waals surface area (Å²) < 4.78 is 4.97. The van der Waals surface area contributed by atoms with Gasteiger partial charge in [0.2, 0.25) is 0 Å². The van der Waals surface area contributed by atoms with Crippen LogP contribution in [0.1, 0.15) is 32.6 Å². The van der Waals surface area contributed by atoms with Crippen molar-refractivity contribution in [1.82, 2.24) is 0 Å². The fourth-order valence-electron chi connectivity index (χ4n) is 3.09. The second kappa shape index (κ2) is 5.23. The number of carbonyl (C=O) groups is 3. The molecule has 0 aromatic heterocycles. The molecule has 2 unspecified atom stereocenters. The molecule has 1 saturated carbocycles. The van der Waals surface area contributed by atoms with E-state index in [-0.39, 0.29) is 30.8 Å². The van der Waals surface area contributed by atoms with Crippen molar-refractivity contribution in [3.8, 4) is 0 Å². The van der Waals surface area contributed by atoms with Crippen LogP contribution in [0, 0.1) is 11.3 Å². The minimum atomic E-state index is -1.68. The van der Waals surface area contributed by atoms with Gasteiger partial charge in [-0.2, -0.15) is 0 Å². The van der Waals surface area contributed by atoms with Gasteiger partial charge in [-0.25, -0.2) is 0 Å². The average Bonchev–Trinajstić information content (AvgIpc) is 2.42. The van der Waals surface area contributed by atoms with Gasteiger partial charge in [-0.05, 0) is 26.2 Å². The molecule has 0 aromatic rings. The fourth-order valence-corrected chi connectivity index (χ4v) is 3.09. The van der Waals surface area contributed by atoms with Crippen molar-refractivity contribution in [2.24, 2.45) is 11.3 Å². The van der Waals surface area contributed by atoms with Gasteiger partial charge in [0.05, 0.1) is 12.5 Å². The number of aliphatic hydroxyl groups excluding tert-OH is 1. The minimum absolute atomic E-state index is 0.122. The van der Waals surface area contributed by atoms with Gasteiger partial charge < -0.3 is 9.84 Å². The minimum Gasteiger partial charge on any atom is -0.510 e. The highest BCUT2D eigenvalue weighted by atomic mass is 16.5. The largest absolute Gasteiger partial charge is 0.510 e. The Hall–Kier alpha value is -1.91. The van der Waals surface area contributed by atoms with Crippen molar-refractivity contribution in [3.63, 3.8) is 0 Å². The van der Waals surface area contributed by atoms with Crippen molar-refractivity contribution in [1.29, 1.82) is 0 Å². The van der Waals surface area contributed by atoms with Crippen LogP contribution >= 0.6 is 0 Å². The van der Waals surface area contributed by atoms with Crippen LogP contribution in [0.3, 0.4) is 0 Å². The molecular formula is C15H18O5. The van der Waals surface area contributed by atoms with E-state index in [0.717, 1.165) is 0 Å². The van der Waals surface area contributed by atoms with E-state index >= 15 is 0 Å². The zero-order chi connectivity index (χ0) is 14.9. The number of Topliss-reactive ketones (excluding diaryl/α,β-unsaturated/α-hetero) is 2. The SMILES string of the molecule is C=CCC1=C(O)C2(C(=O)OCC)CCCC(C1=O)C2=O. The molecule has 0 spiro atoms. The number of esters is 1. The molecule has 1 N–H and O–H groups in total. The Balaban J connectivity index is 2.60. The predicted molar refractivity (Wildman–Crippen MR) is 70.9 cm³/mol. The number of hydrogen-bond donors (Lipinski definition) is 1. The van der Waals surface area contributed by atoms with E-state index < -0.39 is 28.8 Å². The molecule has 0 saturated heterocycles. The highest BCUT2D eigenvalue weighted by Gasteiger charge is 2.60. The molecule has 0 aliphatic heterocycles. The van der Waals surface area contributed by atoms with Gasteiger partial charge in [0, 0.05) is 5.57 Å². The van der Waals surface area contributed by atoms with E-state index in [0.29, 0.717) is 12.8 Å². The Morgan fingerprint density at radius 2 is 2.25 bits per heavy atom.